The molecule has 7 heteroatoms. The third-order valence-corrected chi connectivity index (χ3v) is 3.89. The molecule has 0 saturated carbocycles. The Hall–Kier alpha value is -3.12. The minimum atomic E-state index is -0.728. The van der Waals surface area contributed by atoms with Crippen LogP contribution in [-0.2, 0) is 4.79 Å². The van der Waals surface area contributed by atoms with Gasteiger partial charge in [0.05, 0.1) is 23.1 Å². The van der Waals surface area contributed by atoms with Crippen molar-refractivity contribution in [1.29, 1.82) is 0 Å². The molecule has 0 fully saturated rings. The number of carbonyl (C=O) groups is 1. The third kappa shape index (κ3) is 3.87. The highest BCUT2D eigenvalue weighted by Gasteiger charge is 2.18. The molecule has 1 heterocycles. The van der Waals surface area contributed by atoms with E-state index in [0.29, 0.717) is 17.1 Å². The number of phenols is 1. The summed E-state index contributed by atoms with van der Waals surface area (Å²) in [5.41, 5.74) is 7.47. The smallest absolute Gasteiger partial charge is 0.244 e. The lowest BCUT2D eigenvalue weighted by molar-refractivity contribution is -0.118. The number of phenolic OH excluding ortho intramolecular Hbond substituents is 1. The van der Waals surface area contributed by atoms with Gasteiger partial charge in [0.25, 0.3) is 0 Å². The summed E-state index contributed by atoms with van der Waals surface area (Å²) >= 11 is 5.93. The predicted octanol–water partition coefficient (Wildman–Crippen LogP) is 3.14. The van der Waals surface area contributed by atoms with Crippen molar-refractivity contribution in [2.45, 2.75) is 6.04 Å². The Labute approximate surface area is 149 Å². The van der Waals surface area contributed by atoms with Gasteiger partial charge in [-0.3, -0.25) is 9.78 Å². The number of rotatable bonds is 5. The van der Waals surface area contributed by atoms with Crippen LogP contribution in [0.5, 0.6) is 5.75 Å². The van der Waals surface area contributed by atoms with Crippen molar-refractivity contribution in [3.8, 4) is 17.0 Å². The van der Waals surface area contributed by atoms with E-state index in [2.05, 4.69) is 15.3 Å². The number of halogens is 1. The largest absolute Gasteiger partial charge is 0.506 e. The SMILES string of the molecule is NC(=O)[C@@H](Nc1cncc(-c2ccc(O)c(Cl)c2)n1)c1ccccc1. The Balaban J connectivity index is 1.90. The Morgan fingerprint density at radius 3 is 2.60 bits per heavy atom. The molecule has 0 spiro atoms. The fourth-order valence-electron chi connectivity index (χ4n) is 2.35. The Bertz CT molecular complexity index is 903. The first-order chi connectivity index (χ1) is 12.0. The summed E-state index contributed by atoms with van der Waals surface area (Å²) in [4.78, 5) is 20.4. The van der Waals surface area contributed by atoms with Gasteiger partial charge in [0.2, 0.25) is 5.91 Å². The number of nitrogens with one attached hydrogen (secondary N) is 1. The van der Waals surface area contributed by atoms with E-state index in [0.717, 1.165) is 5.56 Å². The maximum atomic E-state index is 11.8. The normalized spacial score (nSPS) is 11.7. The second kappa shape index (κ2) is 7.19. The van der Waals surface area contributed by atoms with Gasteiger partial charge in [-0.1, -0.05) is 41.9 Å². The molecule has 0 saturated heterocycles. The van der Waals surface area contributed by atoms with Crippen LogP contribution in [0.1, 0.15) is 11.6 Å². The lowest BCUT2D eigenvalue weighted by Gasteiger charge is -2.16. The molecule has 0 bridgehead atoms. The van der Waals surface area contributed by atoms with Crippen LogP contribution in [0.4, 0.5) is 5.82 Å². The number of aromatic nitrogens is 2. The van der Waals surface area contributed by atoms with Crippen molar-refractivity contribution < 1.29 is 9.90 Å². The number of amides is 1. The zero-order chi connectivity index (χ0) is 17.8. The van der Waals surface area contributed by atoms with Crippen molar-refractivity contribution >= 4 is 23.3 Å². The second-order valence-electron chi connectivity index (χ2n) is 5.35. The van der Waals surface area contributed by atoms with Gasteiger partial charge in [-0.25, -0.2) is 4.98 Å². The molecular weight excluding hydrogens is 340 g/mol. The number of aromatic hydroxyl groups is 1. The molecule has 2 aromatic carbocycles. The number of hydrogen-bond donors (Lipinski definition) is 3. The number of anilines is 1. The molecule has 1 atom stereocenters. The minimum Gasteiger partial charge on any atom is -0.506 e. The van der Waals surface area contributed by atoms with Gasteiger partial charge in [0, 0.05) is 5.56 Å². The van der Waals surface area contributed by atoms with Crippen molar-refractivity contribution in [2.24, 2.45) is 5.73 Å². The highest BCUT2D eigenvalue weighted by molar-refractivity contribution is 6.32. The molecule has 3 aromatic rings. The van der Waals surface area contributed by atoms with Gasteiger partial charge in [-0.15, -0.1) is 0 Å². The Kier molecular flexibility index (Phi) is 4.81. The predicted molar refractivity (Wildman–Crippen MR) is 96.1 cm³/mol. The topological polar surface area (TPSA) is 101 Å². The third-order valence-electron chi connectivity index (χ3n) is 3.59. The van der Waals surface area contributed by atoms with Crippen LogP contribution in [0, 0.1) is 0 Å². The highest BCUT2D eigenvalue weighted by atomic mass is 35.5. The van der Waals surface area contributed by atoms with Crippen LogP contribution in [0.15, 0.2) is 60.9 Å². The van der Waals surface area contributed by atoms with Crippen LogP contribution < -0.4 is 11.1 Å². The number of nitrogens with two attached hydrogens (primary N) is 1. The molecule has 1 aromatic heterocycles. The summed E-state index contributed by atoms with van der Waals surface area (Å²) in [6.45, 7) is 0. The highest BCUT2D eigenvalue weighted by Crippen LogP contribution is 2.29. The average Bonchev–Trinajstić information content (AvgIpc) is 2.63. The van der Waals surface area contributed by atoms with Gasteiger partial charge in [-0.2, -0.15) is 0 Å². The van der Waals surface area contributed by atoms with Gasteiger partial charge in [-0.05, 0) is 23.8 Å². The van der Waals surface area contributed by atoms with Crippen molar-refractivity contribution in [3.05, 3.63) is 71.5 Å². The maximum Gasteiger partial charge on any atom is 0.244 e. The fraction of sp³-hybridized carbons (Fsp3) is 0.0556. The number of benzene rings is 2. The van der Waals surface area contributed by atoms with E-state index in [1.54, 1.807) is 30.5 Å². The molecule has 0 aliphatic rings. The lowest BCUT2D eigenvalue weighted by atomic mass is 10.1. The summed E-state index contributed by atoms with van der Waals surface area (Å²) in [5, 5.41) is 12.7. The quantitative estimate of drug-likeness (QED) is 0.653. The second-order valence-corrected chi connectivity index (χ2v) is 5.75. The standard InChI is InChI=1S/C18H15ClN4O2/c19-13-8-12(6-7-15(13)24)14-9-21-10-16(22-14)23-17(18(20)25)11-4-2-1-3-5-11/h1-10,17,24H,(H2,20,25)(H,22,23)/t17-/m0/s1. The first-order valence-corrected chi connectivity index (χ1v) is 7.84. The van der Waals surface area contributed by atoms with E-state index in [1.807, 2.05) is 18.2 Å². The van der Waals surface area contributed by atoms with E-state index >= 15 is 0 Å². The number of primary amides is 1. The van der Waals surface area contributed by atoms with E-state index < -0.39 is 11.9 Å². The van der Waals surface area contributed by atoms with Crippen LogP contribution in [0.3, 0.4) is 0 Å². The average molecular weight is 355 g/mol. The van der Waals surface area contributed by atoms with Crippen molar-refractivity contribution in [3.63, 3.8) is 0 Å². The first-order valence-electron chi connectivity index (χ1n) is 7.46. The molecule has 6 nitrogen and oxygen atoms in total. The molecule has 0 unspecified atom stereocenters. The number of hydrogen-bond acceptors (Lipinski definition) is 5. The van der Waals surface area contributed by atoms with Crippen molar-refractivity contribution in [2.75, 3.05) is 5.32 Å². The minimum absolute atomic E-state index is 0.00877. The first kappa shape index (κ1) is 16.7. The molecule has 0 radical (unpaired) electrons. The summed E-state index contributed by atoms with van der Waals surface area (Å²) in [6, 6.07) is 13.1. The van der Waals surface area contributed by atoms with Gasteiger partial charge < -0.3 is 16.2 Å². The van der Waals surface area contributed by atoms with Crippen LogP contribution in [0.25, 0.3) is 11.3 Å². The Morgan fingerprint density at radius 1 is 1.16 bits per heavy atom. The van der Waals surface area contributed by atoms with Gasteiger partial charge in [0.1, 0.15) is 17.6 Å². The van der Waals surface area contributed by atoms with Crippen LogP contribution >= 0.6 is 11.6 Å². The van der Waals surface area contributed by atoms with E-state index in [1.165, 1.54) is 12.3 Å². The fourth-order valence-corrected chi connectivity index (χ4v) is 2.53. The van der Waals surface area contributed by atoms with E-state index in [-0.39, 0.29) is 10.8 Å². The summed E-state index contributed by atoms with van der Waals surface area (Å²) < 4.78 is 0. The zero-order valence-electron chi connectivity index (χ0n) is 13.1. The molecule has 3 rings (SSSR count). The molecule has 0 aliphatic carbocycles. The van der Waals surface area contributed by atoms with Crippen LogP contribution in [-0.4, -0.2) is 21.0 Å². The monoisotopic (exact) mass is 354 g/mol. The summed E-state index contributed by atoms with van der Waals surface area (Å²) in [6.07, 6.45) is 3.07. The van der Waals surface area contributed by atoms with Gasteiger partial charge >= 0.3 is 0 Å². The number of nitrogens with zero attached hydrogens (tertiary/aromatic N) is 2. The molecule has 126 valence electrons. The molecule has 0 aliphatic heterocycles. The zero-order valence-corrected chi connectivity index (χ0v) is 13.8. The Morgan fingerprint density at radius 2 is 1.92 bits per heavy atom. The van der Waals surface area contributed by atoms with Crippen LogP contribution in [0.2, 0.25) is 5.02 Å². The molecular formula is C18H15ClN4O2. The molecule has 4 N–H and O–H groups in total. The number of carbonyl (C=O) groups excluding carboxylic acids is 1. The van der Waals surface area contributed by atoms with Gasteiger partial charge in [0.15, 0.2) is 0 Å². The molecule has 25 heavy (non-hydrogen) atoms. The summed E-state index contributed by atoms with van der Waals surface area (Å²) in [7, 11) is 0. The lowest BCUT2D eigenvalue weighted by Crippen LogP contribution is -2.28. The molecule has 1 amide bonds. The van der Waals surface area contributed by atoms with Crippen molar-refractivity contribution in [1.82, 2.24) is 9.97 Å². The van der Waals surface area contributed by atoms with E-state index in [4.69, 9.17) is 17.3 Å². The maximum absolute atomic E-state index is 11.8. The van der Waals surface area contributed by atoms with E-state index in [9.17, 15) is 9.90 Å². The summed E-state index contributed by atoms with van der Waals surface area (Å²) in [5.74, 6) is -0.133.